The van der Waals surface area contributed by atoms with Crippen LogP contribution in [0.15, 0.2) is 54.6 Å². The molecule has 1 amide bonds. The van der Waals surface area contributed by atoms with Crippen LogP contribution in [0.5, 0.6) is 0 Å². The second-order valence-electron chi connectivity index (χ2n) is 5.24. The Morgan fingerprint density at radius 1 is 1.08 bits per heavy atom. The minimum Gasteiger partial charge on any atom is -1.00 e. The van der Waals surface area contributed by atoms with Gasteiger partial charge in [-0.2, -0.15) is 13.2 Å². The summed E-state index contributed by atoms with van der Waals surface area (Å²) in [5.41, 5.74) is 0.200. The van der Waals surface area contributed by atoms with Crippen molar-refractivity contribution in [2.75, 3.05) is 5.32 Å². The molecule has 2 aromatic rings. The zero-order valence-electron chi connectivity index (χ0n) is 15.1. The standard InChI is InChI=1S/C18H14F3NO3.Na.H/c1-11(12-6-8-13(9-7-12)18(19,20)21)10-16(23)22-15-5-3-2-4-14(15)17(24)25;;/h2-10H,1H3,(H,22,23)(H,24,25);;/q;+1;-1/b11-10-;;. The molecule has 2 aromatic carbocycles. The van der Waals surface area contributed by atoms with Crippen molar-refractivity contribution >= 4 is 23.1 Å². The van der Waals surface area contributed by atoms with Crippen LogP contribution >= 0.6 is 0 Å². The number of carboxylic acid groups (broad SMARTS) is 1. The number of hydrogen-bond donors (Lipinski definition) is 2. The van der Waals surface area contributed by atoms with Crippen LogP contribution in [0.4, 0.5) is 18.9 Å². The number of carbonyl (C=O) groups excluding carboxylic acids is 1. The van der Waals surface area contributed by atoms with Gasteiger partial charge in [0.25, 0.3) is 0 Å². The predicted octanol–water partition coefficient (Wildman–Crippen LogP) is 1.56. The Balaban J connectivity index is 0.00000338. The number of nitrogens with one attached hydrogen (secondary N) is 1. The van der Waals surface area contributed by atoms with E-state index in [-0.39, 0.29) is 42.2 Å². The number of aromatic carboxylic acids is 1. The van der Waals surface area contributed by atoms with E-state index in [1.807, 2.05) is 0 Å². The Bertz CT molecular complexity index is 836. The molecule has 4 nitrogen and oxygen atoms in total. The van der Waals surface area contributed by atoms with Crippen LogP contribution in [-0.2, 0) is 11.0 Å². The van der Waals surface area contributed by atoms with E-state index in [1.54, 1.807) is 13.0 Å². The van der Waals surface area contributed by atoms with Gasteiger partial charge in [0.1, 0.15) is 0 Å². The average molecular weight is 373 g/mol. The molecule has 2 N–H and O–H groups in total. The van der Waals surface area contributed by atoms with Crippen molar-refractivity contribution in [3.8, 4) is 0 Å². The van der Waals surface area contributed by atoms with E-state index in [9.17, 15) is 22.8 Å². The van der Waals surface area contributed by atoms with E-state index in [0.29, 0.717) is 11.1 Å². The zero-order chi connectivity index (χ0) is 18.6. The molecule has 0 spiro atoms. The summed E-state index contributed by atoms with van der Waals surface area (Å²) in [6.07, 6.45) is -3.23. The van der Waals surface area contributed by atoms with Crippen LogP contribution in [0, 0.1) is 0 Å². The minimum absolute atomic E-state index is 0. The van der Waals surface area contributed by atoms with E-state index in [2.05, 4.69) is 5.32 Å². The number of carboxylic acids is 1. The second kappa shape index (κ2) is 9.02. The molecule has 26 heavy (non-hydrogen) atoms. The van der Waals surface area contributed by atoms with Crippen LogP contribution in [-0.4, -0.2) is 17.0 Å². The van der Waals surface area contributed by atoms with Gasteiger partial charge in [0.2, 0.25) is 5.91 Å². The van der Waals surface area contributed by atoms with Crippen LogP contribution < -0.4 is 34.9 Å². The van der Waals surface area contributed by atoms with Gasteiger partial charge in [-0.1, -0.05) is 24.3 Å². The topological polar surface area (TPSA) is 66.4 Å². The molecule has 0 aromatic heterocycles. The first-order valence-electron chi connectivity index (χ1n) is 7.17. The van der Waals surface area contributed by atoms with Gasteiger partial charge in [-0.3, -0.25) is 4.79 Å². The number of hydrogen-bond acceptors (Lipinski definition) is 2. The minimum atomic E-state index is -4.42. The fourth-order valence-electron chi connectivity index (χ4n) is 2.15. The van der Waals surface area contributed by atoms with E-state index in [0.717, 1.165) is 12.1 Å². The van der Waals surface area contributed by atoms with E-state index in [4.69, 9.17) is 5.11 Å². The van der Waals surface area contributed by atoms with Crippen LogP contribution in [0.2, 0.25) is 0 Å². The van der Waals surface area contributed by atoms with Crippen molar-refractivity contribution in [2.45, 2.75) is 13.1 Å². The van der Waals surface area contributed by atoms with Crippen molar-refractivity contribution in [1.82, 2.24) is 0 Å². The first kappa shape index (κ1) is 22.0. The van der Waals surface area contributed by atoms with Crippen LogP contribution in [0.3, 0.4) is 0 Å². The van der Waals surface area contributed by atoms with Crippen molar-refractivity contribution < 1.29 is 58.9 Å². The number of amides is 1. The van der Waals surface area contributed by atoms with Crippen molar-refractivity contribution in [3.05, 3.63) is 71.3 Å². The van der Waals surface area contributed by atoms with Gasteiger partial charge in [-0.05, 0) is 42.3 Å². The Morgan fingerprint density at radius 2 is 1.65 bits per heavy atom. The van der Waals surface area contributed by atoms with Gasteiger partial charge in [0.05, 0.1) is 16.8 Å². The molecule has 0 fully saturated rings. The number of halogens is 3. The average Bonchev–Trinajstić information content (AvgIpc) is 2.54. The number of rotatable bonds is 4. The molecule has 0 saturated heterocycles. The van der Waals surface area contributed by atoms with Crippen molar-refractivity contribution in [3.63, 3.8) is 0 Å². The fraction of sp³-hybridized carbons (Fsp3) is 0.111. The maximum atomic E-state index is 12.5. The molecule has 0 aliphatic rings. The molecule has 0 bridgehead atoms. The third-order valence-corrected chi connectivity index (χ3v) is 3.43. The number of alkyl halides is 3. The summed E-state index contributed by atoms with van der Waals surface area (Å²) >= 11 is 0. The SMILES string of the molecule is C/C(=C/C(=O)Nc1ccccc1C(=O)O)c1ccc(C(F)(F)F)cc1.[H-].[Na+]. The smallest absolute Gasteiger partial charge is 1.00 e. The molecule has 0 heterocycles. The largest absolute Gasteiger partial charge is 1.00 e. The Hall–Kier alpha value is -2.09. The predicted molar refractivity (Wildman–Crippen MR) is 88.2 cm³/mol. The van der Waals surface area contributed by atoms with Crippen LogP contribution in [0.1, 0.15) is 29.8 Å². The first-order chi connectivity index (χ1) is 11.7. The summed E-state index contributed by atoms with van der Waals surface area (Å²) in [5, 5.41) is 11.5. The van der Waals surface area contributed by atoms with Crippen molar-refractivity contribution in [1.29, 1.82) is 0 Å². The summed E-state index contributed by atoms with van der Waals surface area (Å²) in [7, 11) is 0. The fourth-order valence-corrected chi connectivity index (χ4v) is 2.15. The third-order valence-electron chi connectivity index (χ3n) is 3.43. The molecule has 0 aliphatic heterocycles. The Kier molecular flexibility index (Phi) is 7.62. The van der Waals surface area contributed by atoms with Gasteiger partial charge in [0.15, 0.2) is 0 Å². The maximum absolute atomic E-state index is 12.5. The second-order valence-corrected chi connectivity index (χ2v) is 5.24. The summed E-state index contributed by atoms with van der Waals surface area (Å²) in [6.45, 7) is 1.57. The molecule has 0 saturated carbocycles. The monoisotopic (exact) mass is 373 g/mol. The van der Waals surface area contributed by atoms with E-state index in [1.165, 1.54) is 36.4 Å². The molecule has 2 rings (SSSR count). The number of para-hydroxylation sites is 1. The van der Waals surface area contributed by atoms with E-state index >= 15 is 0 Å². The molecule has 8 heteroatoms. The summed E-state index contributed by atoms with van der Waals surface area (Å²) < 4.78 is 37.6. The number of benzene rings is 2. The number of carbonyl (C=O) groups is 2. The number of allylic oxidation sites excluding steroid dienone is 1. The Morgan fingerprint density at radius 3 is 2.19 bits per heavy atom. The van der Waals surface area contributed by atoms with Crippen molar-refractivity contribution in [2.24, 2.45) is 0 Å². The molecule has 0 atom stereocenters. The molecular weight excluding hydrogens is 358 g/mol. The Labute approximate surface area is 171 Å². The molecule has 0 aliphatic carbocycles. The van der Waals surface area contributed by atoms with Crippen LogP contribution in [0.25, 0.3) is 5.57 Å². The zero-order valence-corrected chi connectivity index (χ0v) is 16.1. The van der Waals surface area contributed by atoms with Gasteiger partial charge < -0.3 is 11.8 Å². The third kappa shape index (κ3) is 5.72. The summed E-state index contributed by atoms with van der Waals surface area (Å²) in [5.74, 6) is -1.76. The normalized spacial score (nSPS) is 11.5. The van der Waals surface area contributed by atoms with Gasteiger partial charge in [-0.25, -0.2) is 4.79 Å². The first-order valence-corrected chi connectivity index (χ1v) is 7.17. The quantitative estimate of drug-likeness (QED) is 0.632. The molecule has 0 unspecified atom stereocenters. The molecular formula is C18H15F3NNaO3. The molecule has 132 valence electrons. The maximum Gasteiger partial charge on any atom is 1.00 e. The number of anilines is 1. The van der Waals surface area contributed by atoms with Gasteiger partial charge >= 0.3 is 41.7 Å². The summed E-state index contributed by atoms with van der Waals surface area (Å²) in [4.78, 5) is 23.1. The van der Waals surface area contributed by atoms with E-state index < -0.39 is 23.6 Å². The summed E-state index contributed by atoms with van der Waals surface area (Å²) in [6, 6.07) is 10.3. The van der Waals surface area contributed by atoms with Gasteiger partial charge in [0, 0.05) is 6.08 Å². The molecule has 0 radical (unpaired) electrons. The van der Waals surface area contributed by atoms with Gasteiger partial charge in [-0.15, -0.1) is 0 Å².